The number of aliphatic hydroxyl groups is 1. The molecule has 16 heavy (non-hydrogen) atoms. The quantitative estimate of drug-likeness (QED) is 0.768. The Labute approximate surface area is 97.8 Å². The van der Waals surface area contributed by atoms with Crippen molar-refractivity contribution >= 4 is 0 Å². The third kappa shape index (κ3) is 2.35. The summed E-state index contributed by atoms with van der Waals surface area (Å²) >= 11 is 0. The van der Waals surface area contributed by atoms with E-state index in [9.17, 15) is 5.11 Å². The van der Waals surface area contributed by atoms with Crippen molar-refractivity contribution in [1.29, 1.82) is 0 Å². The molecule has 0 amide bonds. The summed E-state index contributed by atoms with van der Waals surface area (Å²) < 4.78 is 0. The molecule has 0 saturated carbocycles. The van der Waals surface area contributed by atoms with Gasteiger partial charge in [-0.25, -0.2) is 0 Å². The minimum absolute atomic E-state index is 0.288. The van der Waals surface area contributed by atoms with Crippen LogP contribution in [-0.4, -0.2) is 10.7 Å². The van der Waals surface area contributed by atoms with Crippen LogP contribution in [0, 0.1) is 5.92 Å². The zero-order chi connectivity index (χ0) is 11.6. The van der Waals surface area contributed by atoms with Crippen molar-refractivity contribution in [2.45, 2.75) is 38.7 Å². The summed E-state index contributed by atoms with van der Waals surface area (Å²) in [5, 5.41) is 10.5. The van der Waals surface area contributed by atoms with Crippen molar-refractivity contribution in [3.63, 3.8) is 0 Å². The van der Waals surface area contributed by atoms with Crippen molar-refractivity contribution in [1.82, 2.24) is 0 Å². The van der Waals surface area contributed by atoms with Gasteiger partial charge in [0.2, 0.25) is 0 Å². The van der Waals surface area contributed by atoms with Crippen LogP contribution in [0.2, 0.25) is 0 Å². The van der Waals surface area contributed by atoms with Gasteiger partial charge in [0, 0.05) is 5.92 Å². The number of aryl methyl sites for hydroxylation is 1. The Kier molecular flexibility index (Phi) is 3.15. The Morgan fingerprint density at radius 3 is 2.56 bits per heavy atom. The molecule has 1 aliphatic rings. The van der Waals surface area contributed by atoms with Gasteiger partial charge in [-0.2, -0.15) is 0 Å². The number of benzene rings is 1. The summed E-state index contributed by atoms with van der Waals surface area (Å²) in [6, 6.07) is 10.4. The molecule has 1 aromatic carbocycles. The molecule has 0 bridgehead atoms. The lowest BCUT2D eigenvalue weighted by atomic mass is 9.85. The minimum Gasteiger partial charge on any atom is -0.389 e. The highest BCUT2D eigenvalue weighted by Gasteiger charge is 2.36. The van der Waals surface area contributed by atoms with Crippen LogP contribution in [0.25, 0.3) is 0 Å². The SMILES string of the molecule is CC1=CC(C)C(O)(CCc2ccccc2)C1. The van der Waals surface area contributed by atoms with E-state index in [4.69, 9.17) is 0 Å². The van der Waals surface area contributed by atoms with E-state index in [-0.39, 0.29) is 5.92 Å². The maximum Gasteiger partial charge on any atom is 0.0747 e. The van der Waals surface area contributed by atoms with Gasteiger partial charge in [-0.3, -0.25) is 0 Å². The van der Waals surface area contributed by atoms with E-state index in [0.717, 1.165) is 19.3 Å². The van der Waals surface area contributed by atoms with E-state index in [1.54, 1.807) is 0 Å². The molecule has 1 N–H and O–H groups in total. The lowest BCUT2D eigenvalue weighted by Crippen LogP contribution is -2.32. The Hall–Kier alpha value is -1.08. The van der Waals surface area contributed by atoms with Crippen molar-refractivity contribution in [3.8, 4) is 0 Å². The molecule has 0 aromatic heterocycles. The van der Waals surface area contributed by atoms with E-state index >= 15 is 0 Å². The summed E-state index contributed by atoms with van der Waals surface area (Å²) in [5.74, 6) is 0.288. The van der Waals surface area contributed by atoms with Crippen molar-refractivity contribution in [3.05, 3.63) is 47.5 Å². The zero-order valence-corrected chi connectivity index (χ0v) is 10.1. The van der Waals surface area contributed by atoms with Crippen LogP contribution in [0.1, 0.15) is 32.3 Å². The van der Waals surface area contributed by atoms with Gasteiger partial charge in [-0.05, 0) is 31.7 Å². The van der Waals surface area contributed by atoms with Crippen LogP contribution in [0.4, 0.5) is 0 Å². The van der Waals surface area contributed by atoms with Crippen molar-refractivity contribution < 1.29 is 5.11 Å². The average molecular weight is 216 g/mol. The van der Waals surface area contributed by atoms with Crippen LogP contribution in [0.15, 0.2) is 42.0 Å². The topological polar surface area (TPSA) is 20.2 Å². The van der Waals surface area contributed by atoms with Gasteiger partial charge < -0.3 is 5.11 Å². The second-order valence-corrected chi connectivity index (χ2v) is 5.07. The molecule has 86 valence electrons. The molecular weight excluding hydrogens is 196 g/mol. The fourth-order valence-electron chi connectivity index (χ4n) is 2.61. The third-order valence-electron chi connectivity index (χ3n) is 3.66. The zero-order valence-electron chi connectivity index (χ0n) is 10.1. The van der Waals surface area contributed by atoms with Gasteiger partial charge in [0.25, 0.3) is 0 Å². The van der Waals surface area contributed by atoms with E-state index in [1.165, 1.54) is 11.1 Å². The monoisotopic (exact) mass is 216 g/mol. The number of hydrogen-bond donors (Lipinski definition) is 1. The molecule has 0 aliphatic heterocycles. The van der Waals surface area contributed by atoms with E-state index in [1.807, 2.05) is 6.07 Å². The Morgan fingerprint density at radius 2 is 2.00 bits per heavy atom. The lowest BCUT2D eigenvalue weighted by Gasteiger charge is -2.28. The molecular formula is C15H20O. The third-order valence-corrected chi connectivity index (χ3v) is 3.66. The second-order valence-electron chi connectivity index (χ2n) is 5.07. The summed E-state index contributed by atoms with van der Waals surface area (Å²) in [4.78, 5) is 0. The van der Waals surface area contributed by atoms with Crippen LogP contribution < -0.4 is 0 Å². The van der Waals surface area contributed by atoms with Crippen LogP contribution in [0.5, 0.6) is 0 Å². The molecule has 1 aliphatic carbocycles. The highest BCUT2D eigenvalue weighted by molar-refractivity contribution is 5.20. The fourth-order valence-corrected chi connectivity index (χ4v) is 2.61. The molecule has 0 radical (unpaired) electrons. The lowest BCUT2D eigenvalue weighted by molar-refractivity contribution is 0.00829. The Bertz CT molecular complexity index is 380. The van der Waals surface area contributed by atoms with Gasteiger partial charge >= 0.3 is 0 Å². The highest BCUT2D eigenvalue weighted by Crippen LogP contribution is 2.37. The maximum atomic E-state index is 10.5. The second kappa shape index (κ2) is 4.42. The van der Waals surface area contributed by atoms with Crippen molar-refractivity contribution in [2.75, 3.05) is 0 Å². The van der Waals surface area contributed by atoms with Gasteiger partial charge in [-0.15, -0.1) is 0 Å². The predicted octanol–water partition coefficient (Wildman–Crippen LogP) is 3.34. The summed E-state index contributed by atoms with van der Waals surface area (Å²) in [6.45, 7) is 4.22. The highest BCUT2D eigenvalue weighted by atomic mass is 16.3. The summed E-state index contributed by atoms with van der Waals surface area (Å²) in [7, 11) is 0. The molecule has 0 fully saturated rings. The molecule has 2 rings (SSSR count). The normalized spacial score (nSPS) is 29.2. The van der Waals surface area contributed by atoms with Gasteiger partial charge in [0.15, 0.2) is 0 Å². The summed E-state index contributed by atoms with van der Waals surface area (Å²) in [6.07, 6.45) is 4.85. The first kappa shape index (κ1) is 11.4. The first-order valence-corrected chi connectivity index (χ1v) is 6.04. The largest absolute Gasteiger partial charge is 0.389 e. The van der Waals surface area contributed by atoms with Crippen LogP contribution in [-0.2, 0) is 6.42 Å². The molecule has 0 heterocycles. The molecule has 0 saturated heterocycles. The fraction of sp³-hybridized carbons (Fsp3) is 0.467. The number of rotatable bonds is 3. The summed E-state index contributed by atoms with van der Waals surface area (Å²) in [5.41, 5.74) is 2.12. The van der Waals surface area contributed by atoms with Crippen LogP contribution >= 0.6 is 0 Å². The van der Waals surface area contributed by atoms with E-state index in [2.05, 4.69) is 44.2 Å². The van der Waals surface area contributed by atoms with Gasteiger partial charge in [0.1, 0.15) is 0 Å². The van der Waals surface area contributed by atoms with E-state index < -0.39 is 5.60 Å². The van der Waals surface area contributed by atoms with E-state index in [0.29, 0.717) is 0 Å². The van der Waals surface area contributed by atoms with Gasteiger partial charge in [-0.1, -0.05) is 48.9 Å². The Morgan fingerprint density at radius 1 is 1.31 bits per heavy atom. The molecule has 1 aromatic rings. The first-order valence-electron chi connectivity index (χ1n) is 6.04. The van der Waals surface area contributed by atoms with Crippen LogP contribution in [0.3, 0.4) is 0 Å². The smallest absolute Gasteiger partial charge is 0.0747 e. The maximum absolute atomic E-state index is 10.5. The standard InChI is InChI=1S/C15H20O/c1-12-10-13(2)15(16,11-12)9-8-14-6-4-3-5-7-14/h3-7,10,13,16H,8-9,11H2,1-2H3. The Balaban J connectivity index is 1.96. The van der Waals surface area contributed by atoms with Gasteiger partial charge in [0.05, 0.1) is 5.60 Å². The molecule has 2 unspecified atom stereocenters. The first-order chi connectivity index (χ1) is 7.60. The molecule has 2 atom stereocenters. The van der Waals surface area contributed by atoms with Crippen molar-refractivity contribution in [2.24, 2.45) is 5.92 Å². The average Bonchev–Trinajstić information content (AvgIpc) is 2.52. The predicted molar refractivity (Wildman–Crippen MR) is 67.3 cm³/mol. The molecule has 1 heteroatoms. The molecule has 0 spiro atoms. The minimum atomic E-state index is -0.514. The molecule has 1 nitrogen and oxygen atoms in total. The number of hydrogen-bond acceptors (Lipinski definition) is 1.